The summed E-state index contributed by atoms with van der Waals surface area (Å²) >= 11 is 5.23. The molecule has 0 amide bonds. The molecule has 8 nitrogen and oxygen atoms in total. The molecule has 3 aromatic rings. The van der Waals surface area contributed by atoms with Crippen molar-refractivity contribution in [3.8, 4) is 28.8 Å². The quantitative estimate of drug-likeness (QED) is 0.537. The Bertz CT molecular complexity index is 918. The smallest absolute Gasteiger partial charge is 0.219 e. The van der Waals surface area contributed by atoms with Gasteiger partial charge in [0.1, 0.15) is 17.2 Å². The van der Waals surface area contributed by atoms with Crippen molar-refractivity contribution in [3.05, 3.63) is 40.9 Å². The Hall–Kier alpha value is -3.07. The molecule has 0 spiro atoms. The van der Waals surface area contributed by atoms with E-state index in [-0.39, 0.29) is 0 Å². The highest BCUT2D eigenvalue weighted by atomic mass is 32.1. The normalized spacial score (nSPS) is 11.0. The highest BCUT2D eigenvalue weighted by molar-refractivity contribution is 7.71. The van der Waals surface area contributed by atoms with Gasteiger partial charge >= 0.3 is 0 Å². The molecule has 0 radical (unpaired) electrons. The highest BCUT2D eigenvalue weighted by Crippen LogP contribution is 2.32. The number of methoxy groups -OCH3 is 3. The molecule has 0 atom stereocenters. The minimum Gasteiger partial charge on any atom is -0.496 e. The number of hydrogen-bond acceptors (Lipinski definition) is 7. The van der Waals surface area contributed by atoms with Crippen LogP contribution in [-0.4, -0.2) is 42.4 Å². The van der Waals surface area contributed by atoms with Gasteiger partial charge in [-0.1, -0.05) is 0 Å². The predicted molar refractivity (Wildman–Crippen MR) is 94.2 cm³/mol. The average molecular weight is 360 g/mol. The molecule has 1 N–H and O–H groups in total. The third kappa shape index (κ3) is 3.26. The number of nitrogens with zero attached hydrogens (tertiary/aromatic N) is 3. The second-order valence-electron chi connectivity index (χ2n) is 4.83. The van der Waals surface area contributed by atoms with Gasteiger partial charge in [-0.15, -0.1) is 5.10 Å². The fraction of sp³-hybridized carbons (Fsp3) is 0.188. The maximum absolute atomic E-state index is 5.40. The second kappa shape index (κ2) is 7.22. The summed E-state index contributed by atoms with van der Waals surface area (Å²) in [5.74, 6) is 2.71. The van der Waals surface area contributed by atoms with Gasteiger partial charge in [-0.3, -0.25) is 0 Å². The summed E-state index contributed by atoms with van der Waals surface area (Å²) in [6.07, 6.45) is 3.13. The summed E-state index contributed by atoms with van der Waals surface area (Å²) < 4.78 is 23.2. The predicted octanol–water partition coefficient (Wildman–Crippen LogP) is 3.11. The van der Waals surface area contributed by atoms with Crippen LogP contribution in [0.4, 0.5) is 0 Å². The first kappa shape index (κ1) is 16.8. The van der Waals surface area contributed by atoms with E-state index in [0.717, 1.165) is 0 Å². The van der Waals surface area contributed by atoms with Crippen LogP contribution in [0.5, 0.6) is 17.2 Å². The van der Waals surface area contributed by atoms with Crippen LogP contribution in [0.25, 0.3) is 11.6 Å². The summed E-state index contributed by atoms with van der Waals surface area (Å²) in [6, 6.07) is 7.01. The first-order valence-electron chi connectivity index (χ1n) is 7.23. The van der Waals surface area contributed by atoms with Crippen molar-refractivity contribution in [2.45, 2.75) is 0 Å². The van der Waals surface area contributed by atoms with Crippen molar-refractivity contribution < 1.29 is 18.6 Å². The van der Waals surface area contributed by atoms with Gasteiger partial charge in [-0.2, -0.15) is 9.78 Å². The minimum atomic E-state index is 0.328. The Morgan fingerprint density at radius 2 is 1.92 bits per heavy atom. The van der Waals surface area contributed by atoms with E-state index in [1.807, 2.05) is 0 Å². The zero-order valence-corrected chi connectivity index (χ0v) is 14.7. The maximum Gasteiger partial charge on any atom is 0.219 e. The molecule has 1 aromatic carbocycles. The van der Waals surface area contributed by atoms with Crippen molar-refractivity contribution >= 4 is 18.4 Å². The maximum atomic E-state index is 5.40. The van der Waals surface area contributed by atoms with Gasteiger partial charge in [0, 0.05) is 12.1 Å². The lowest BCUT2D eigenvalue weighted by Crippen LogP contribution is -2.00. The monoisotopic (exact) mass is 360 g/mol. The average Bonchev–Trinajstić information content (AvgIpc) is 3.28. The first-order valence-corrected chi connectivity index (χ1v) is 7.64. The number of rotatable bonds is 6. The molecule has 25 heavy (non-hydrogen) atoms. The molecule has 3 rings (SSSR count). The Labute approximate surface area is 148 Å². The van der Waals surface area contributed by atoms with Crippen LogP contribution in [0, 0.1) is 4.77 Å². The van der Waals surface area contributed by atoms with Crippen LogP contribution < -0.4 is 14.2 Å². The van der Waals surface area contributed by atoms with Crippen LogP contribution >= 0.6 is 12.2 Å². The molecule has 0 saturated carbocycles. The number of nitrogens with one attached hydrogen (secondary N) is 1. The molecule has 0 saturated heterocycles. The minimum absolute atomic E-state index is 0.328. The van der Waals surface area contributed by atoms with Crippen LogP contribution in [0.1, 0.15) is 5.56 Å². The number of benzene rings is 1. The van der Waals surface area contributed by atoms with Crippen LogP contribution in [0.3, 0.4) is 0 Å². The molecule has 2 aromatic heterocycles. The van der Waals surface area contributed by atoms with Crippen molar-refractivity contribution in [2.75, 3.05) is 21.3 Å². The summed E-state index contributed by atoms with van der Waals surface area (Å²) in [5, 5.41) is 11.2. The Kier molecular flexibility index (Phi) is 4.85. The summed E-state index contributed by atoms with van der Waals surface area (Å²) in [4.78, 5) is 0. The van der Waals surface area contributed by atoms with E-state index in [4.69, 9.17) is 30.8 Å². The van der Waals surface area contributed by atoms with E-state index in [1.54, 1.807) is 58.1 Å². The van der Waals surface area contributed by atoms with Crippen molar-refractivity contribution in [1.82, 2.24) is 14.9 Å². The molecule has 0 unspecified atom stereocenters. The van der Waals surface area contributed by atoms with Crippen molar-refractivity contribution in [1.29, 1.82) is 0 Å². The van der Waals surface area contributed by atoms with E-state index in [1.165, 1.54) is 4.68 Å². The van der Waals surface area contributed by atoms with E-state index in [0.29, 0.717) is 39.2 Å². The van der Waals surface area contributed by atoms with E-state index in [9.17, 15) is 0 Å². The van der Waals surface area contributed by atoms with Crippen LogP contribution in [0.2, 0.25) is 0 Å². The topological polar surface area (TPSA) is 86.8 Å². The van der Waals surface area contributed by atoms with Gasteiger partial charge < -0.3 is 18.6 Å². The van der Waals surface area contributed by atoms with Gasteiger partial charge in [0.2, 0.25) is 10.6 Å². The first-order chi connectivity index (χ1) is 12.2. The zero-order chi connectivity index (χ0) is 17.8. The number of aromatic nitrogens is 3. The Balaban J connectivity index is 2.07. The molecule has 0 aliphatic rings. The van der Waals surface area contributed by atoms with Crippen molar-refractivity contribution in [3.63, 3.8) is 0 Å². The number of H-pyrrole nitrogens is 1. The van der Waals surface area contributed by atoms with Gasteiger partial charge in [0.25, 0.3) is 0 Å². The fourth-order valence-electron chi connectivity index (χ4n) is 2.24. The summed E-state index contributed by atoms with van der Waals surface area (Å²) in [5.41, 5.74) is 0.638. The van der Waals surface area contributed by atoms with Gasteiger partial charge in [-0.05, 0) is 24.4 Å². The Morgan fingerprint density at radius 3 is 2.48 bits per heavy atom. The molecule has 0 fully saturated rings. The summed E-state index contributed by atoms with van der Waals surface area (Å²) in [7, 11) is 4.69. The van der Waals surface area contributed by atoms with E-state index >= 15 is 0 Å². The molecule has 9 heteroatoms. The molecule has 2 heterocycles. The molecular weight excluding hydrogens is 344 g/mol. The lowest BCUT2D eigenvalue weighted by atomic mass is 10.2. The third-order valence-corrected chi connectivity index (χ3v) is 3.71. The number of furan rings is 1. The largest absolute Gasteiger partial charge is 0.496 e. The lowest BCUT2D eigenvalue weighted by Gasteiger charge is -2.12. The standard InChI is InChI=1S/C16H16N4O4S/c1-21-10-7-13(22-2)11(14(8-10)23-3)9-17-20-15(18-19-16(20)25)12-5-4-6-24-12/h4-9H,1-3H3,(H,19,25)/b17-9-. The Morgan fingerprint density at radius 1 is 1.20 bits per heavy atom. The fourth-order valence-corrected chi connectivity index (χ4v) is 2.42. The SMILES string of the molecule is COc1cc(OC)c(/C=N\n2c(-c3ccco3)n[nH]c2=S)c(OC)c1. The van der Waals surface area contributed by atoms with Gasteiger partial charge in [0.15, 0.2) is 5.76 Å². The number of ether oxygens (including phenoxy) is 3. The molecular formula is C16H16N4O4S. The van der Waals surface area contributed by atoms with Gasteiger partial charge in [0.05, 0.1) is 39.4 Å². The van der Waals surface area contributed by atoms with E-state index in [2.05, 4.69) is 15.3 Å². The lowest BCUT2D eigenvalue weighted by molar-refractivity contribution is 0.374. The summed E-state index contributed by atoms with van der Waals surface area (Å²) in [6.45, 7) is 0. The molecule has 0 aliphatic heterocycles. The molecule has 0 bridgehead atoms. The highest BCUT2D eigenvalue weighted by Gasteiger charge is 2.14. The number of aromatic amines is 1. The van der Waals surface area contributed by atoms with Crippen molar-refractivity contribution in [2.24, 2.45) is 5.10 Å². The van der Waals surface area contributed by atoms with Gasteiger partial charge in [-0.25, -0.2) is 5.10 Å². The number of hydrogen-bond donors (Lipinski definition) is 1. The molecule has 0 aliphatic carbocycles. The van der Waals surface area contributed by atoms with Crippen LogP contribution in [0.15, 0.2) is 40.0 Å². The molecule has 130 valence electrons. The second-order valence-corrected chi connectivity index (χ2v) is 5.22. The zero-order valence-electron chi connectivity index (χ0n) is 13.8. The van der Waals surface area contributed by atoms with E-state index < -0.39 is 0 Å². The van der Waals surface area contributed by atoms with Crippen LogP contribution in [-0.2, 0) is 0 Å². The third-order valence-electron chi connectivity index (χ3n) is 3.45.